The molecular formula is C16H27N5O. The molecule has 6 heteroatoms. The lowest BCUT2D eigenvalue weighted by molar-refractivity contribution is -0.106. The van der Waals surface area contributed by atoms with Crippen LogP contribution in [0.3, 0.4) is 0 Å². The van der Waals surface area contributed by atoms with Crippen LogP contribution in [0.15, 0.2) is 17.3 Å². The molecule has 3 atom stereocenters. The van der Waals surface area contributed by atoms with Crippen molar-refractivity contribution < 1.29 is 4.74 Å². The molecule has 3 unspecified atom stereocenters. The fourth-order valence-electron chi connectivity index (χ4n) is 3.80. The maximum atomic E-state index is 5.86. The summed E-state index contributed by atoms with van der Waals surface area (Å²) >= 11 is 0. The van der Waals surface area contributed by atoms with Gasteiger partial charge >= 0.3 is 0 Å². The van der Waals surface area contributed by atoms with Gasteiger partial charge in [-0.2, -0.15) is 5.10 Å². The van der Waals surface area contributed by atoms with Gasteiger partial charge in [-0.25, -0.2) is 4.99 Å². The molecule has 22 heavy (non-hydrogen) atoms. The van der Waals surface area contributed by atoms with Crippen molar-refractivity contribution >= 4 is 5.96 Å². The smallest absolute Gasteiger partial charge is 0.191 e. The van der Waals surface area contributed by atoms with Crippen molar-refractivity contribution in [1.29, 1.82) is 0 Å². The average molecular weight is 305 g/mol. The van der Waals surface area contributed by atoms with Gasteiger partial charge in [0.1, 0.15) is 0 Å². The van der Waals surface area contributed by atoms with Crippen molar-refractivity contribution in [2.45, 2.75) is 45.9 Å². The van der Waals surface area contributed by atoms with E-state index >= 15 is 0 Å². The number of ether oxygens (including phenoxy) is 1. The Balaban J connectivity index is 1.68. The van der Waals surface area contributed by atoms with Crippen LogP contribution in [-0.4, -0.2) is 41.0 Å². The molecule has 0 amide bonds. The third kappa shape index (κ3) is 2.60. The fourth-order valence-corrected chi connectivity index (χ4v) is 3.80. The molecular weight excluding hydrogens is 278 g/mol. The highest BCUT2D eigenvalue weighted by Gasteiger charge is 2.59. The quantitative estimate of drug-likeness (QED) is 0.650. The molecule has 0 spiro atoms. The molecule has 2 fully saturated rings. The number of nitrogens with zero attached hydrogens (tertiary/aromatic N) is 3. The number of hydrogen-bond donors (Lipinski definition) is 2. The minimum absolute atomic E-state index is 0.157. The molecule has 1 saturated carbocycles. The molecule has 0 aromatic carbocycles. The predicted molar refractivity (Wildman–Crippen MR) is 86.6 cm³/mol. The molecule has 3 rings (SSSR count). The first kappa shape index (κ1) is 15.3. The van der Waals surface area contributed by atoms with Crippen molar-refractivity contribution in [3.8, 4) is 0 Å². The summed E-state index contributed by atoms with van der Waals surface area (Å²) < 4.78 is 7.72. The van der Waals surface area contributed by atoms with Gasteiger partial charge in [0.15, 0.2) is 5.96 Å². The van der Waals surface area contributed by atoms with Crippen molar-refractivity contribution in [1.82, 2.24) is 20.4 Å². The Bertz CT molecular complexity index is 550. The summed E-state index contributed by atoms with van der Waals surface area (Å²) in [5, 5.41) is 11.2. The average Bonchev–Trinajstić information content (AvgIpc) is 3.09. The Labute approximate surface area is 132 Å². The number of nitrogens with one attached hydrogen (secondary N) is 2. The van der Waals surface area contributed by atoms with E-state index in [1.165, 1.54) is 0 Å². The van der Waals surface area contributed by atoms with Gasteiger partial charge < -0.3 is 15.4 Å². The number of fused-ring (bicyclic) bond motifs is 1. The van der Waals surface area contributed by atoms with E-state index in [0.29, 0.717) is 24.6 Å². The first-order chi connectivity index (χ1) is 10.5. The minimum atomic E-state index is 0.157. The highest BCUT2D eigenvalue weighted by Crippen LogP contribution is 2.52. The van der Waals surface area contributed by atoms with Crippen molar-refractivity contribution in [3.63, 3.8) is 0 Å². The molecule has 0 bridgehead atoms. The molecule has 1 saturated heterocycles. The summed E-state index contributed by atoms with van der Waals surface area (Å²) in [6, 6.07) is 2.42. The van der Waals surface area contributed by atoms with E-state index in [0.717, 1.165) is 31.2 Å². The summed E-state index contributed by atoms with van der Waals surface area (Å²) in [5.41, 5.74) is 1.26. The van der Waals surface area contributed by atoms with Gasteiger partial charge in [0.25, 0.3) is 0 Å². The second-order valence-electron chi connectivity index (χ2n) is 6.83. The van der Waals surface area contributed by atoms with Crippen LogP contribution >= 0.6 is 0 Å². The van der Waals surface area contributed by atoms with Gasteiger partial charge in [-0.1, -0.05) is 13.8 Å². The highest BCUT2D eigenvalue weighted by atomic mass is 16.5. The van der Waals surface area contributed by atoms with Gasteiger partial charge in [-0.3, -0.25) is 4.68 Å². The van der Waals surface area contributed by atoms with Crippen molar-refractivity contribution in [3.05, 3.63) is 18.0 Å². The van der Waals surface area contributed by atoms with Crippen LogP contribution in [0.4, 0.5) is 0 Å². The molecule has 122 valence electrons. The number of aryl methyl sites for hydroxylation is 1. The van der Waals surface area contributed by atoms with Crippen LogP contribution in [0.25, 0.3) is 0 Å². The summed E-state index contributed by atoms with van der Waals surface area (Å²) in [4.78, 5) is 4.71. The number of aliphatic imine (C=N–C) groups is 1. The molecule has 1 aliphatic heterocycles. The molecule has 2 heterocycles. The Kier molecular flexibility index (Phi) is 4.12. The second kappa shape index (κ2) is 5.91. The topological polar surface area (TPSA) is 63.5 Å². The largest absolute Gasteiger partial charge is 0.377 e. The molecule has 1 aromatic heterocycles. The minimum Gasteiger partial charge on any atom is -0.377 e. The SMILES string of the molecule is CCNC(=NCc1ccnn1C)NC1C2CCOC2C1(C)C. The zero-order chi connectivity index (χ0) is 15.7. The Hall–Kier alpha value is -1.56. The molecule has 6 nitrogen and oxygen atoms in total. The van der Waals surface area contributed by atoms with Gasteiger partial charge in [-0.05, 0) is 19.4 Å². The molecule has 1 aromatic rings. The molecule has 0 radical (unpaired) electrons. The maximum Gasteiger partial charge on any atom is 0.191 e. The molecule has 1 aliphatic carbocycles. The van der Waals surface area contributed by atoms with E-state index in [4.69, 9.17) is 9.73 Å². The van der Waals surface area contributed by atoms with Gasteiger partial charge in [0.2, 0.25) is 0 Å². The first-order valence-electron chi connectivity index (χ1n) is 8.17. The molecule has 2 N–H and O–H groups in total. The number of rotatable bonds is 4. The summed E-state index contributed by atoms with van der Waals surface area (Å²) in [7, 11) is 1.95. The summed E-state index contributed by atoms with van der Waals surface area (Å²) in [6.45, 7) is 9.02. The van der Waals surface area contributed by atoms with E-state index < -0.39 is 0 Å². The van der Waals surface area contributed by atoms with E-state index in [1.807, 2.05) is 17.8 Å². The normalized spacial score (nSPS) is 29.8. The monoisotopic (exact) mass is 305 g/mol. The summed E-state index contributed by atoms with van der Waals surface area (Å²) in [5.74, 6) is 1.49. The van der Waals surface area contributed by atoms with Gasteiger partial charge in [-0.15, -0.1) is 0 Å². The number of aromatic nitrogens is 2. The lowest BCUT2D eigenvalue weighted by Crippen LogP contribution is -2.67. The zero-order valence-corrected chi connectivity index (χ0v) is 14.0. The van der Waals surface area contributed by atoms with Crippen LogP contribution in [0, 0.1) is 11.3 Å². The standard InChI is InChI=1S/C16H27N5O/c1-5-17-15(18-10-11-6-8-19-21(11)4)20-13-12-7-9-22-14(12)16(13,2)3/h6,8,12-14H,5,7,9-10H2,1-4H3,(H2,17,18,20). The van der Waals surface area contributed by atoms with Crippen LogP contribution in [0.5, 0.6) is 0 Å². The third-order valence-electron chi connectivity index (χ3n) is 5.06. The number of hydrogen-bond acceptors (Lipinski definition) is 3. The van der Waals surface area contributed by atoms with Gasteiger partial charge in [0.05, 0.1) is 18.3 Å². The van der Waals surface area contributed by atoms with Crippen LogP contribution in [0.1, 0.15) is 32.9 Å². The van der Waals surface area contributed by atoms with E-state index in [-0.39, 0.29) is 5.41 Å². The lowest BCUT2D eigenvalue weighted by atomic mass is 9.57. The van der Waals surface area contributed by atoms with E-state index in [1.54, 1.807) is 6.20 Å². The maximum absolute atomic E-state index is 5.86. The second-order valence-corrected chi connectivity index (χ2v) is 6.83. The number of guanidine groups is 1. The zero-order valence-electron chi connectivity index (χ0n) is 14.0. The van der Waals surface area contributed by atoms with E-state index in [2.05, 4.69) is 36.5 Å². The van der Waals surface area contributed by atoms with Crippen LogP contribution in [-0.2, 0) is 18.3 Å². The Morgan fingerprint density at radius 3 is 3.05 bits per heavy atom. The highest BCUT2D eigenvalue weighted by molar-refractivity contribution is 5.80. The Morgan fingerprint density at radius 2 is 2.36 bits per heavy atom. The summed E-state index contributed by atoms with van der Waals surface area (Å²) in [6.07, 6.45) is 3.35. The van der Waals surface area contributed by atoms with Crippen LogP contribution in [0.2, 0.25) is 0 Å². The fraction of sp³-hybridized carbons (Fsp3) is 0.750. The van der Waals surface area contributed by atoms with E-state index in [9.17, 15) is 0 Å². The first-order valence-corrected chi connectivity index (χ1v) is 8.17. The third-order valence-corrected chi connectivity index (χ3v) is 5.06. The van der Waals surface area contributed by atoms with Gasteiger partial charge in [0, 0.05) is 43.8 Å². The Morgan fingerprint density at radius 1 is 1.55 bits per heavy atom. The predicted octanol–water partition coefficient (Wildman–Crippen LogP) is 1.29. The lowest BCUT2D eigenvalue weighted by Gasteiger charge is -2.54. The molecule has 2 aliphatic rings. The van der Waals surface area contributed by atoms with Crippen molar-refractivity contribution in [2.24, 2.45) is 23.4 Å². The van der Waals surface area contributed by atoms with Crippen molar-refractivity contribution in [2.75, 3.05) is 13.2 Å². The van der Waals surface area contributed by atoms with Crippen LogP contribution < -0.4 is 10.6 Å².